The molecule has 1 fully saturated rings. The summed E-state index contributed by atoms with van der Waals surface area (Å²) < 4.78 is 5.33. The van der Waals surface area contributed by atoms with Crippen LogP contribution in [0.15, 0.2) is 0 Å². The molecule has 0 atom stereocenters. The van der Waals surface area contributed by atoms with Crippen molar-refractivity contribution in [2.24, 2.45) is 5.73 Å². The van der Waals surface area contributed by atoms with Crippen LogP contribution in [0.4, 0.5) is 0 Å². The first-order chi connectivity index (χ1) is 9.48. The van der Waals surface area contributed by atoms with Crippen LogP contribution in [-0.4, -0.2) is 67.7 Å². The first-order valence-corrected chi connectivity index (χ1v) is 7.74. The average molecular weight is 285 g/mol. The van der Waals surface area contributed by atoms with E-state index >= 15 is 0 Å². The van der Waals surface area contributed by atoms with Crippen molar-refractivity contribution in [2.45, 2.75) is 45.1 Å². The zero-order valence-electron chi connectivity index (χ0n) is 13.4. The maximum atomic E-state index is 12.2. The molecule has 0 aromatic carbocycles. The van der Waals surface area contributed by atoms with Crippen LogP contribution < -0.4 is 5.73 Å². The van der Waals surface area contributed by atoms with E-state index in [0.29, 0.717) is 6.42 Å². The van der Waals surface area contributed by atoms with Gasteiger partial charge in [-0.2, -0.15) is 0 Å². The summed E-state index contributed by atoms with van der Waals surface area (Å²) in [5.41, 5.74) is 5.13. The van der Waals surface area contributed by atoms with E-state index in [1.165, 1.54) is 12.8 Å². The molecule has 118 valence electrons. The standard InChI is InChI=1S/C15H31N3O2/c1-15(2,20-3)13-14(19)18-11-9-17(10-12-18)8-6-4-5-7-16/h4-13,16H2,1-3H3. The summed E-state index contributed by atoms with van der Waals surface area (Å²) in [5.74, 6) is 0.208. The molecule has 0 aliphatic carbocycles. The van der Waals surface area contributed by atoms with Gasteiger partial charge in [0.05, 0.1) is 12.0 Å². The minimum atomic E-state index is -0.365. The van der Waals surface area contributed by atoms with Gasteiger partial charge in [-0.1, -0.05) is 6.42 Å². The van der Waals surface area contributed by atoms with Crippen LogP contribution in [0.5, 0.6) is 0 Å². The highest BCUT2D eigenvalue weighted by Gasteiger charge is 2.27. The van der Waals surface area contributed by atoms with Gasteiger partial charge < -0.3 is 15.4 Å². The number of nitrogens with two attached hydrogens (primary N) is 1. The minimum absolute atomic E-state index is 0.208. The first kappa shape index (κ1) is 17.4. The molecule has 0 unspecified atom stereocenters. The quantitative estimate of drug-likeness (QED) is 0.678. The molecule has 5 nitrogen and oxygen atoms in total. The largest absolute Gasteiger partial charge is 0.378 e. The van der Waals surface area contributed by atoms with Crippen LogP contribution in [0.1, 0.15) is 39.5 Å². The van der Waals surface area contributed by atoms with Crippen LogP contribution >= 0.6 is 0 Å². The van der Waals surface area contributed by atoms with Crippen molar-refractivity contribution in [3.8, 4) is 0 Å². The molecule has 0 radical (unpaired) electrons. The van der Waals surface area contributed by atoms with Gasteiger partial charge in [0.2, 0.25) is 5.91 Å². The predicted octanol–water partition coefficient (Wildman–Crippen LogP) is 1.07. The number of hydrogen-bond donors (Lipinski definition) is 1. The highest BCUT2D eigenvalue weighted by Crippen LogP contribution is 2.16. The molecule has 0 saturated carbocycles. The third-order valence-corrected chi connectivity index (χ3v) is 4.03. The second-order valence-electron chi connectivity index (χ2n) is 6.21. The summed E-state index contributed by atoms with van der Waals surface area (Å²) in [5, 5.41) is 0. The van der Waals surface area contributed by atoms with Gasteiger partial charge in [0.25, 0.3) is 0 Å². The third kappa shape index (κ3) is 6.20. The fourth-order valence-electron chi connectivity index (χ4n) is 2.43. The lowest BCUT2D eigenvalue weighted by Crippen LogP contribution is -2.50. The van der Waals surface area contributed by atoms with E-state index in [2.05, 4.69) is 4.90 Å². The zero-order chi connectivity index (χ0) is 15.0. The molecule has 0 aromatic heterocycles. The molecule has 20 heavy (non-hydrogen) atoms. The second kappa shape index (κ2) is 8.60. The van der Waals surface area contributed by atoms with Crippen molar-refractivity contribution >= 4 is 5.91 Å². The lowest BCUT2D eigenvalue weighted by atomic mass is 10.0. The summed E-state index contributed by atoms with van der Waals surface area (Å²) in [7, 11) is 1.66. The molecule has 1 heterocycles. The number of amides is 1. The molecular formula is C15H31N3O2. The summed E-state index contributed by atoms with van der Waals surface area (Å²) in [6.07, 6.45) is 3.99. The lowest BCUT2D eigenvalue weighted by molar-refractivity contribution is -0.138. The monoisotopic (exact) mass is 285 g/mol. The molecule has 5 heteroatoms. The molecule has 0 aromatic rings. The molecule has 0 spiro atoms. The molecule has 0 bridgehead atoms. The number of rotatable bonds is 8. The van der Waals surface area contributed by atoms with Crippen LogP contribution in [0.3, 0.4) is 0 Å². The number of unbranched alkanes of at least 4 members (excludes halogenated alkanes) is 2. The normalized spacial score (nSPS) is 17.5. The number of piperazine rings is 1. The Morgan fingerprint density at radius 2 is 1.80 bits per heavy atom. The van der Waals surface area contributed by atoms with Crippen molar-refractivity contribution in [2.75, 3.05) is 46.4 Å². The molecule has 1 rings (SSSR count). The van der Waals surface area contributed by atoms with Crippen LogP contribution in [-0.2, 0) is 9.53 Å². The maximum absolute atomic E-state index is 12.2. The predicted molar refractivity (Wildman–Crippen MR) is 81.6 cm³/mol. The van der Waals surface area contributed by atoms with Crippen LogP contribution in [0.25, 0.3) is 0 Å². The summed E-state index contributed by atoms with van der Waals surface area (Å²) in [4.78, 5) is 16.6. The topological polar surface area (TPSA) is 58.8 Å². The Morgan fingerprint density at radius 3 is 2.35 bits per heavy atom. The third-order valence-electron chi connectivity index (χ3n) is 4.03. The zero-order valence-corrected chi connectivity index (χ0v) is 13.4. The number of ether oxygens (including phenoxy) is 1. The number of carbonyl (C=O) groups excluding carboxylic acids is 1. The molecule has 2 N–H and O–H groups in total. The molecule has 1 aliphatic rings. The molecule has 1 saturated heterocycles. The summed E-state index contributed by atoms with van der Waals surface area (Å²) >= 11 is 0. The second-order valence-corrected chi connectivity index (χ2v) is 6.21. The lowest BCUT2D eigenvalue weighted by Gasteiger charge is -2.36. The van der Waals surface area contributed by atoms with Crippen molar-refractivity contribution in [3.63, 3.8) is 0 Å². The smallest absolute Gasteiger partial charge is 0.225 e. The Balaban J connectivity index is 2.23. The Bertz CT molecular complexity index is 287. The molecular weight excluding hydrogens is 254 g/mol. The Morgan fingerprint density at radius 1 is 1.15 bits per heavy atom. The maximum Gasteiger partial charge on any atom is 0.225 e. The SMILES string of the molecule is COC(C)(C)CC(=O)N1CCN(CCCCCN)CC1. The van der Waals surface area contributed by atoms with Crippen molar-refractivity contribution in [1.29, 1.82) is 0 Å². The minimum Gasteiger partial charge on any atom is -0.378 e. The van der Waals surface area contributed by atoms with E-state index < -0.39 is 0 Å². The van der Waals surface area contributed by atoms with Gasteiger partial charge in [-0.15, -0.1) is 0 Å². The van der Waals surface area contributed by atoms with Crippen molar-refractivity contribution in [3.05, 3.63) is 0 Å². The van der Waals surface area contributed by atoms with Gasteiger partial charge in [0, 0.05) is 33.3 Å². The first-order valence-electron chi connectivity index (χ1n) is 7.74. The Hall–Kier alpha value is -0.650. The fraction of sp³-hybridized carbons (Fsp3) is 0.933. The van der Waals surface area contributed by atoms with Crippen molar-refractivity contribution in [1.82, 2.24) is 9.80 Å². The van der Waals surface area contributed by atoms with E-state index in [1.807, 2.05) is 18.7 Å². The highest BCUT2D eigenvalue weighted by atomic mass is 16.5. The average Bonchev–Trinajstić information content (AvgIpc) is 2.44. The number of nitrogens with zero attached hydrogens (tertiary/aromatic N) is 2. The van der Waals surface area contributed by atoms with E-state index in [0.717, 1.165) is 45.7 Å². The van der Waals surface area contributed by atoms with Crippen LogP contribution in [0, 0.1) is 0 Å². The van der Waals surface area contributed by atoms with E-state index in [9.17, 15) is 4.79 Å². The van der Waals surface area contributed by atoms with Crippen LogP contribution in [0.2, 0.25) is 0 Å². The molecule has 1 aliphatic heterocycles. The van der Waals surface area contributed by atoms with Gasteiger partial charge in [-0.3, -0.25) is 9.69 Å². The Kier molecular flexibility index (Phi) is 7.48. The highest BCUT2D eigenvalue weighted by molar-refractivity contribution is 5.77. The van der Waals surface area contributed by atoms with Gasteiger partial charge >= 0.3 is 0 Å². The van der Waals surface area contributed by atoms with Gasteiger partial charge in [0.1, 0.15) is 0 Å². The molecule has 1 amide bonds. The van der Waals surface area contributed by atoms with Gasteiger partial charge in [-0.05, 0) is 39.8 Å². The van der Waals surface area contributed by atoms with E-state index in [4.69, 9.17) is 10.5 Å². The van der Waals surface area contributed by atoms with Crippen molar-refractivity contribution < 1.29 is 9.53 Å². The van der Waals surface area contributed by atoms with Gasteiger partial charge in [0.15, 0.2) is 0 Å². The summed E-state index contributed by atoms with van der Waals surface area (Å²) in [6.45, 7) is 9.49. The number of hydrogen-bond acceptors (Lipinski definition) is 4. The van der Waals surface area contributed by atoms with E-state index in [-0.39, 0.29) is 11.5 Å². The van der Waals surface area contributed by atoms with E-state index in [1.54, 1.807) is 7.11 Å². The fourth-order valence-corrected chi connectivity index (χ4v) is 2.43. The van der Waals surface area contributed by atoms with Gasteiger partial charge in [-0.25, -0.2) is 0 Å². The summed E-state index contributed by atoms with van der Waals surface area (Å²) in [6, 6.07) is 0. The Labute approximate surface area is 123 Å². The number of methoxy groups -OCH3 is 1. The number of carbonyl (C=O) groups is 1.